The van der Waals surface area contributed by atoms with E-state index in [0.29, 0.717) is 17.5 Å². The lowest BCUT2D eigenvalue weighted by atomic mass is 10.1. The zero-order valence-corrected chi connectivity index (χ0v) is 11.7. The van der Waals surface area contributed by atoms with E-state index in [4.69, 9.17) is 0 Å². The molecule has 2 unspecified atom stereocenters. The summed E-state index contributed by atoms with van der Waals surface area (Å²) in [4.78, 5) is 4.48. The van der Waals surface area contributed by atoms with E-state index in [1.807, 2.05) is 26.0 Å². The summed E-state index contributed by atoms with van der Waals surface area (Å²) in [6.45, 7) is 3.92. The fraction of sp³-hybridized carbons (Fsp3) is 0.294. The van der Waals surface area contributed by atoms with Gasteiger partial charge in [-0.15, -0.1) is 0 Å². The first-order chi connectivity index (χ1) is 9.69. The Morgan fingerprint density at radius 2 is 2.00 bits per heavy atom. The summed E-state index contributed by atoms with van der Waals surface area (Å²) in [5.74, 6) is 1.26. The summed E-state index contributed by atoms with van der Waals surface area (Å²) in [6, 6.07) is 15.1. The molecule has 1 fully saturated rings. The van der Waals surface area contributed by atoms with Crippen LogP contribution in [-0.4, -0.2) is 11.0 Å². The molecule has 2 aromatic rings. The molecule has 1 N–H and O–H groups in total. The maximum Gasteiger partial charge on any atom is 0.144 e. The molecule has 2 atom stereocenters. The minimum atomic E-state index is 0.387. The molecule has 1 aliphatic rings. The number of aromatic nitrogens is 1. The standard InChI is InChI=1S/C17H17N3/c1-11-8-12(2)19-17(15(11)10-18)20-16-9-14(16)13-6-4-3-5-7-13/h3-8,14,16H,9H2,1-2H3,(H,19,20). The maximum absolute atomic E-state index is 9.28. The highest BCUT2D eigenvalue weighted by Crippen LogP contribution is 2.42. The van der Waals surface area contributed by atoms with Crippen LogP contribution in [0.1, 0.15) is 34.7 Å². The number of hydrogen-bond acceptors (Lipinski definition) is 3. The van der Waals surface area contributed by atoms with Crippen molar-refractivity contribution in [2.24, 2.45) is 0 Å². The fourth-order valence-electron chi connectivity index (χ4n) is 2.68. The van der Waals surface area contributed by atoms with Crippen LogP contribution in [0.4, 0.5) is 5.82 Å². The number of nitrogens with one attached hydrogen (secondary N) is 1. The highest BCUT2D eigenvalue weighted by atomic mass is 15.1. The molecular weight excluding hydrogens is 246 g/mol. The third-order valence-corrected chi connectivity index (χ3v) is 3.80. The Hall–Kier alpha value is -2.34. The molecule has 0 saturated heterocycles. The molecule has 1 aliphatic carbocycles. The average Bonchev–Trinajstić information content (AvgIpc) is 3.18. The van der Waals surface area contributed by atoms with Crippen molar-refractivity contribution in [3.05, 3.63) is 58.8 Å². The molecule has 0 amide bonds. The highest BCUT2D eigenvalue weighted by Gasteiger charge is 2.38. The molecule has 0 spiro atoms. The van der Waals surface area contributed by atoms with Gasteiger partial charge in [0.15, 0.2) is 0 Å². The van der Waals surface area contributed by atoms with E-state index >= 15 is 0 Å². The lowest BCUT2D eigenvalue weighted by molar-refractivity contribution is 1.02. The number of anilines is 1. The monoisotopic (exact) mass is 263 g/mol. The highest BCUT2D eigenvalue weighted by molar-refractivity contribution is 5.58. The largest absolute Gasteiger partial charge is 0.366 e. The fourth-order valence-corrected chi connectivity index (χ4v) is 2.68. The molecule has 20 heavy (non-hydrogen) atoms. The average molecular weight is 263 g/mol. The molecule has 0 radical (unpaired) electrons. The summed E-state index contributed by atoms with van der Waals surface area (Å²) >= 11 is 0. The van der Waals surface area contributed by atoms with Gasteiger partial charge < -0.3 is 5.32 Å². The van der Waals surface area contributed by atoms with E-state index < -0.39 is 0 Å². The van der Waals surface area contributed by atoms with Crippen LogP contribution in [-0.2, 0) is 0 Å². The summed E-state index contributed by atoms with van der Waals surface area (Å²) in [6.07, 6.45) is 1.10. The van der Waals surface area contributed by atoms with Gasteiger partial charge in [0, 0.05) is 17.7 Å². The lowest BCUT2D eigenvalue weighted by Gasteiger charge is -2.10. The molecule has 100 valence electrons. The summed E-state index contributed by atoms with van der Waals surface area (Å²) < 4.78 is 0. The van der Waals surface area contributed by atoms with Gasteiger partial charge in [0.1, 0.15) is 11.9 Å². The van der Waals surface area contributed by atoms with Gasteiger partial charge in [-0.2, -0.15) is 5.26 Å². The molecule has 0 aliphatic heterocycles. The normalized spacial score (nSPS) is 20.2. The molecule has 3 rings (SSSR count). The number of nitrogens with zero attached hydrogens (tertiary/aromatic N) is 2. The summed E-state index contributed by atoms with van der Waals surface area (Å²) in [5.41, 5.74) is 3.95. The zero-order chi connectivity index (χ0) is 14.1. The van der Waals surface area contributed by atoms with Crippen molar-refractivity contribution in [3.8, 4) is 6.07 Å². The molecule has 0 bridgehead atoms. The van der Waals surface area contributed by atoms with Crippen molar-refractivity contribution in [2.45, 2.75) is 32.2 Å². The lowest BCUT2D eigenvalue weighted by Crippen LogP contribution is -2.09. The van der Waals surface area contributed by atoms with Crippen LogP contribution in [0.3, 0.4) is 0 Å². The molecule has 1 aromatic heterocycles. The van der Waals surface area contributed by atoms with E-state index in [2.05, 4.69) is 40.6 Å². The Bertz CT molecular complexity index is 671. The first-order valence-corrected chi connectivity index (χ1v) is 6.89. The van der Waals surface area contributed by atoms with Crippen LogP contribution in [0.25, 0.3) is 0 Å². The molecule has 3 heteroatoms. The Morgan fingerprint density at radius 3 is 2.70 bits per heavy atom. The zero-order valence-electron chi connectivity index (χ0n) is 11.7. The Labute approximate surface area is 119 Å². The second-order valence-corrected chi connectivity index (χ2v) is 5.42. The van der Waals surface area contributed by atoms with Gasteiger partial charge in [0.25, 0.3) is 0 Å². The predicted octanol–water partition coefficient (Wildman–Crippen LogP) is 3.54. The van der Waals surface area contributed by atoms with Gasteiger partial charge in [-0.1, -0.05) is 30.3 Å². The molecular formula is C17H17N3. The van der Waals surface area contributed by atoms with Crippen LogP contribution in [0.2, 0.25) is 0 Å². The maximum atomic E-state index is 9.28. The Kier molecular flexibility index (Phi) is 3.15. The van der Waals surface area contributed by atoms with Crippen LogP contribution in [0, 0.1) is 25.2 Å². The predicted molar refractivity (Wildman–Crippen MR) is 79.6 cm³/mol. The van der Waals surface area contributed by atoms with Crippen molar-refractivity contribution in [1.82, 2.24) is 4.98 Å². The van der Waals surface area contributed by atoms with Crippen LogP contribution < -0.4 is 5.32 Å². The number of nitriles is 1. The van der Waals surface area contributed by atoms with Gasteiger partial charge in [0.05, 0.1) is 5.56 Å². The SMILES string of the molecule is Cc1cc(C)c(C#N)c(NC2CC2c2ccccc2)n1. The Balaban J connectivity index is 1.79. The first-order valence-electron chi connectivity index (χ1n) is 6.89. The van der Waals surface area contributed by atoms with Gasteiger partial charge in [-0.25, -0.2) is 4.98 Å². The van der Waals surface area contributed by atoms with E-state index in [0.717, 1.165) is 23.5 Å². The van der Waals surface area contributed by atoms with E-state index in [9.17, 15) is 5.26 Å². The second-order valence-electron chi connectivity index (χ2n) is 5.42. The number of pyridine rings is 1. The van der Waals surface area contributed by atoms with Crippen LogP contribution in [0.5, 0.6) is 0 Å². The quantitative estimate of drug-likeness (QED) is 0.921. The van der Waals surface area contributed by atoms with Crippen molar-refractivity contribution in [3.63, 3.8) is 0 Å². The van der Waals surface area contributed by atoms with E-state index in [1.165, 1.54) is 5.56 Å². The molecule has 1 heterocycles. The van der Waals surface area contributed by atoms with E-state index in [-0.39, 0.29) is 0 Å². The van der Waals surface area contributed by atoms with Crippen LogP contribution >= 0.6 is 0 Å². The topological polar surface area (TPSA) is 48.7 Å². The summed E-state index contributed by atoms with van der Waals surface area (Å²) in [7, 11) is 0. The Morgan fingerprint density at radius 1 is 1.25 bits per heavy atom. The van der Waals surface area contributed by atoms with Gasteiger partial charge in [-0.05, 0) is 37.5 Å². The van der Waals surface area contributed by atoms with Crippen LogP contribution in [0.15, 0.2) is 36.4 Å². The molecule has 1 aromatic carbocycles. The van der Waals surface area contributed by atoms with Gasteiger partial charge in [0.2, 0.25) is 0 Å². The minimum Gasteiger partial charge on any atom is -0.366 e. The van der Waals surface area contributed by atoms with Gasteiger partial charge in [-0.3, -0.25) is 0 Å². The van der Waals surface area contributed by atoms with Crippen molar-refractivity contribution in [2.75, 3.05) is 5.32 Å². The van der Waals surface area contributed by atoms with Crippen molar-refractivity contribution >= 4 is 5.82 Å². The number of benzene rings is 1. The first kappa shape index (κ1) is 12.7. The third kappa shape index (κ3) is 2.37. The van der Waals surface area contributed by atoms with Gasteiger partial charge >= 0.3 is 0 Å². The van der Waals surface area contributed by atoms with Crippen molar-refractivity contribution in [1.29, 1.82) is 5.26 Å². The van der Waals surface area contributed by atoms with Crippen molar-refractivity contribution < 1.29 is 0 Å². The number of rotatable bonds is 3. The summed E-state index contributed by atoms with van der Waals surface area (Å²) in [5, 5.41) is 12.7. The second kappa shape index (κ2) is 4.97. The van der Waals surface area contributed by atoms with E-state index in [1.54, 1.807) is 0 Å². The molecule has 3 nitrogen and oxygen atoms in total. The minimum absolute atomic E-state index is 0.387. The number of hydrogen-bond donors (Lipinski definition) is 1. The smallest absolute Gasteiger partial charge is 0.144 e. The third-order valence-electron chi connectivity index (χ3n) is 3.80. The molecule has 1 saturated carbocycles. The number of aryl methyl sites for hydroxylation is 2.